The van der Waals surface area contributed by atoms with Gasteiger partial charge in [0.1, 0.15) is 0 Å². The maximum Gasteiger partial charge on any atom is 0.0701 e. The molecule has 0 aromatic carbocycles. The van der Waals surface area contributed by atoms with Crippen molar-refractivity contribution in [1.82, 2.24) is 4.90 Å². The zero-order valence-electron chi connectivity index (χ0n) is 9.94. The molecular weight excluding hydrogens is 296 g/mol. The number of nitrogens with two attached hydrogens (primary N) is 1. The van der Waals surface area contributed by atoms with Crippen molar-refractivity contribution in [2.75, 3.05) is 6.54 Å². The monoisotopic (exact) mass is 314 g/mol. The van der Waals surface area contributed by atoms with Gasteiger partial charge in [-0.15, -0.1) is 11.3 Å². The summed E-state index contributed by atoms with van der Waals surface area (Å²) in [6.07, 6.45) is 6.35. The minimum absolute atomic E-state index is 0.458. The van der Waals surface area contributed by atoms with E-state index in [2.05, 4.69) is 33.0 Å². The van der Waals surface area contributed by atoms with Crippen LogP contribution in [0.5, 0.6) is 0 Å². The third kappa shape index (κ3) is 2.60. The highest BCUT2D eigenvalue weighted by Crippen LogP contribution is 2.35. The summed E-state index contributed by atoms with van der Waals surface area (Å²) in [5, 5.41) is 0. The maximum absolute atomic E-state index is 6.10. The Bertz CT molecular complexity index is 379. The standard InChI is InChI=1S/C13H19BrN2S/c14-13-4-3-12(17-13)5-6-16-10-1-2-11(16)8-9(15)7-10/h3-4,9-11H,1-2,5-8,15H2. The fourth-order valence-corrected chi connectivity index (χ4v) is 4.88. The second-order valence-corrected chi connectivity index (χ2v) is 7.86. The fraction of sp³-hybridized carbons (Fsp3) is 0.692. The van der Waals surface area contributed by atoms with Gasteiger partial charge >= 0.3 is 0 Å². The Balaban J connectivity index is 1.59. The normalized spacial score (nSPS) is 33.2. The Labute approximate surface area is 115 Å². The van der Waals surface area contributed by atoms with E-state index >= 15 is 0 Å². The van der Waals surface area contributed by atoms with Gasteiger partial charge in [-0.05, 0) is 60.2 Å². The first-order chi connectivity index (χ1) is 8.22. The van der Waals surface area contributed by atoms with E-state index in [1.165, 1.54) is 47.3 Å². The van der Waals surface area contributed by atoms with Crippen molar-refractivity contribution in [3.05, 3.63) is 20.8 Å². The SMILES string of the molecule is NC1CC2CCC(C1)N2CCc1ccc(Br)s1. The number of halogens is 1. The molecule has 4 heteroatoms. The molecule has 2 aliphatic heterocycles. The molecule has 3 rings (SSSR count). The van der Waals surface area contributed by atoms with Gasteiger partial charge in [-0.1, -0.05) is 0 Å². The second kappa shape index (κ2) is 5.00. The average molecular weight is 315 g/mol. The predicted octanol–water partition coefficient (Wildman–Crippen LogP) is 3.01. The molecule has 0 spiro atoms. The van der Waals surface area contributed by atoms with Gasteiger partial charge in [0.05, 0.1) is 3.79 Å². The van der Waals surface area contributed by atoms with Crippen molar-refractivity contribution >= 4 is 27.3 Å². The molecule has 0 amide bonds. The molecule has 94 valence electrons. The maximum atomic E-state index is 6.10. The summed E-state index contributed by atoms with van der Waals surface area (Å²) in [7, 11) is 0. The molecule has 0 radical (unpaired) electrons. The molecule has 1 aromatic rings. The quantitative estimate of drug-likeness (QED) is 0.929. The van der Waals surface area contributed by atoms with E-state index in [1.54, 1.807) is 0 Å². The van der Waals surface area contributed by atoms with Crippen molar-refractivity contribution in [3.63, 3.8) is 0 Å². The largest absolute Gasteiger partial charge is 0.328 e. The highest BCUT2D eigenvalue weighted by molar-refractivity contribution is 9.11. The molecule has 0 aliphatic carbocycles. The van der Waals surface area contributed by atoms with E-state index in [0.29, 0.717) is 6.04 Å². The fourth-order valence-electron chi connectivity index (χ4n) is 3.41. The summed E-state index contributed by atoms with van der Waals surface area (Å²) >= 11 is 5.40. The number of rotatable bonds is 3. The summed E-state index contributed by atoms with van der Waals surface area (Å²) in [5.74, 6) is 0. The molecule has 2 bridgehead atoms. The van der Waals surface area contributed by atoms with E-state index in [0.717, 1.165) is 12.1 Å². The second-order valence-electron chi connectivity index (χ2n) is 5.31. The highest BCUT2D eigenvalue weighted by atomic mass is 79.9. The van der Waals surface area contributed by atoms with Crippen molar-refractivity contribution in [2.45, 2.75) is 50.2 Å². The van der Waals surface area contributed by atoms with Crippen molar-refractivity contribution in [1.29, 1.82) is 0 Å². The molecule has 2 fully saturated rings. The summed E-state index contributed by atoms with van der Waals surface area (Å²) in [4.78, 5) is 4.21. The van der Waals surface area contributed by atoms with Crippen LogP contribution in [0, 0.1) is 0 Å². The van der Waals surface area contributed by atoms with Gasteiger partial charge in [-0.3, -0.25) is 4.90 Å². The van der Waals surface area contributed by atoms with Gasteiger partial charge in [0.25, 0.3) is 0 Å². The van der Waals surface area contributed by atoms with Crippen LogP contribution < -0.4 is 5.73 Å². The molecule has 2 unspecified atom stereocenters. The molecule has 1 aromatic heterocycles. The van der Waals surface area contributed by atoms with Crippen LogP contribution in [-0.4, -0.2) is 29.6 Å². The summed E-state index contributed by atoms with van der Waals surface area (Å²) < 4.78 is 1.25. The Morgan fingerprint density at radius 1 is 1.29 bits per heavy atom. The average Bonchev–Trinajstić information content (AvgIpc) is 2.79. The van der Waals surface area contributed by atoms with Crippen LogP contribution in [0.1, 0.15) is 30.6 Å². The lowest BCUT2D eigenvalue weighted by atomic mass is 9.98. The summed E-state index contributed by atoms with van der Waals surface area (Å²) in [6, 6.07) is 6.39. The van der Waals surface area contributed by atoms with Crippen LogP contribution in [0.3, 0.4) is 0 Å². The van der Waals surface area contributed by atoms with Crippen LogP contribution in [0.2, 0.25) is 0 Å². The topological polar surface area (TPSA) is 29.3 Å². The van der Waals surface area contributed by atoms with E-state index in [9.17, 15) is 0 Å². The van der Waals surface area contributed by atoms with E-state index < -0.39 is 0 Å². The molecule has 2 N–H and O–H groups in total. The third-order valence-electron chi connectivity index (χ3n) is 4.17. The molecule has 17 heavy (non-hydrogen) atoms. The Morgan fingerprint density at radius 2 is 2.00 bits per heavy atom. The van der Waals surface area contributed by atoms with Gasteiger partial charge < -0.3 is 5.73 Å². The molecule has 2 nitrogen and oxygen atoms in total. The minimum Gasteiger partial charge on any atom is -0.328 e. The number of fused-ring (bicyclic) bond motifs is 2. The molecule has 2 saturated heterocycles. The first-order valence-corrected chi connectivity index (χ1v) is 8.09. The van der Waals surface area contributed by atoms with Crippen LogP contribution in [0.15, 0.2) is 15.9 Å². The number of hydrogen-bond donors (Lipinski definition) is 1. The zero-order chi connectivity index (χ0) is 11.8. The third-order valence-corrected chi connectivity index (χ3v) is 5.85. The summed E-state index contributed by atoms with van der Waals surface area (Å²) in [6.45, 7) is 1.22. The number of piperidine rings is 1. The van der Waals surface area contributed by atoms with Gasteiger partial charge in [0, 0.05) is 29.5 Å². The number of nitrogens with zero attached hydrogens (tertiary/aromatic N) is 1. The number of thiophene rings is 1. The predicted molar refractivity (Wildman–Crippen MR) is 76.4 cm³/mol. The van der Waals surface area contributed by atoms with Crippen molar-refractivity contribution in [2.24, 2.45) is 5.73 Å². The summed E-state index contributed by atoms with van der Waals surface area (Å²) in [5.41, 5.74) is 6.10. The van der Waals surface area contributed by atoms with Gasteiger partial charge in [0.15, 0.2) is 0 Å². The zero-order valence-corrected chi connectivity index (χ0v) is 12.3. The Morgan fingerprint density at radius 3 is 2.59 bits per heavy atom. The Kier molecular flexibility index (Phi) is 3.57. The molecular formula is C13H19BrN2S. The number of hydrogen-bond acceptors (Lipinski definition) is 3. The van der Waals surface area contributed by atoms with E-state index in [4.69, 9.17) is 5.73 Å². The van der Waals surface area contributed by atoms with E-state index in [1.807, 2.05) is 11.3 Å². The van der Waals surface area contributed by atoms with Crippen LogP contribution >= 0.6 is 27.3 Å². The molecule has 0 saturated carbocycles. The van der Waals surface area contributed by atoms with Gasteiger partial charge in [0.2, 0.25) is 0 Å². The smallest absolute Gasteiger partial charge is 0.0701 e. The lowest BCUT2D eigenvalue weighted by Gasteiger charge is -2.37. The van der Waals surface area contributed by atoms with E-state index in [-0.39, 0.29) is 0 Å². The van der Waals surface area contributed by atoms with Crippen LogP contribution in [-0.2, 0) is 6.42 Å². The lowest BCUT2D eigenvalue weighted by molar-refractivity contribution is 0.130. The molecule has 2 aliphatic rings. The highest BCUT2D eigenvalue weighted by Gasteiger charge is 2.38. The van der Waals surface area contributed by atoms with Crippen molar-refractivity contribution in [3.8, 4) is 0 Å². The first kappa shape index (κ1) is 12.2. The minimum atomic E-state index is 0.458. The van der Waals surface area contributed by atoms with Crippen LogP contribution in [0.4, 0.5) is 0 Å². The first-order valence-electron chi connectivity index (χ1n) is 6.48. The lowest BCUT2D eigenvalue weighted by Crippen LogP contribution is -2.47. The molecule has 3 heterocycles. The Hall–Kier alpha value is 0.1000. The van der Waals surface area contributed by atoms with Crippen LogP contribution in [0.25, 0.3) is 0 Å². The molecule has 2 atom stereocenters. The van der Waals surface area contributed by atoms with Gasteiger partial charge in [-0.2, -0.15) is 0 Å². The van der Waals surface area contributed by atoms with Crippen molar-refractivity contribution < 1.29 is 0 Å². The van der Waals surface area contributed by atoms with Gasteiger partial charge in [-0.25, -0.2) is 0 Å².